The van der Waals surface area contributed by atoms with Crippen LogP contribution >= 0.6 is 27.5 Å². The van der Waals surface area contributed by atoms with Crippen molar-refractivity contribution in [3.63, 3.8) is 0 Å². The maximum atomic E-state index is 13.1. The zero-order valence-electron chi connectivity index (χ0n) is 9.29. The standard InChI is InChI=1S/C13H10BrClFNO/c14-11-5-9(3-4-13(11)16)18-10-2-1-8(7-17)12(15)6-10/h1-6H,7,17H2. The van der Waals surface area contributed by atoms with Crippen LogP contribution in [0.15, 0.2) is 40.9 Å². The summed E-state index contributed by atoms with van der Waals surface area (Å²) in [6.07, 6.45) is 0. The molecule has 0 aromatic heterocycles. The Kier molecular flexibility index (Phi) is 4.22. The number of rotatable bonds is 3. The van der Waals surface area contributed by atoms with Crippen LogP contribution in [0, 0.1) is 5.82 Å². The molecule has 0 saturated carbocycles. The fourth-order valence-corrected chi connectivity index (χ4v) is 2.04. The summed E-state index contributed by atoms with van der Waals surface area (Å²) < 4.78 is 19.0. The molecule has 2 aromatic carbocycles. The van der Waals surface area contributed by atoms with Gasteiger partial charge in [-0.1, -0.05) is 17.7 Å². The lowest BCUT2D eigenvalue weighted by atomic mass is 10.2. The molecule has 18 heavy (non-hydrogen) atoms. The molecular formula is C13H10BrClFNO. The second-order valence-corrected chi connectivity index (χ2v) is 4.90. The summed E-state index contributed by atoms with van der Waals surface area (Å²) in [5, 5.41) is 0.552. The minimum absolute atomic E-state index is 0.334. The Morgan fingerprint density at radius 3 is 2.44 bits per heavy atom. The molecule has 0 aliphatic carbocycles. The highest BCUT2D eigenvalue weighted by atomic mass is 79.9. The molecule has 0 aliphatic heterocycles. The van der Waals surface area contributed by atoms with Crippen LogP contribution in [-0.2, 0) is 6.54 Å². The first-order valence-electron chi connectivity index (χ1n) is 5.21. The first-order valence-corrected chi connectivity index (χ1v) is 6.38. The van der Waals surface area contributed by atoms with Crippen LogP contribution in [0.3, 0.4) is 0 Å². The Labute approximate surface area is 118 Å². The summed E-state index contributed by atoms with van der Waals surface area (Å²) in [6.45, 7) is 0.376. The lowest BCUT2D eigenvalue weighted by Crippen LogP contribution is -1.97. The molecule has 0 heterocycles. The van der Waals surface area contributed by atoms with Crippen LogP contribution in [0.25, 0.3) is 0 Å². The summed E-state index contributed by atoms with van der Waals surface area (Å²) in [5.41, 5.74) is 6.37. The maximum Gasteiger partial charge on any atom is 0.137 e. The van der Waals surface area contributed by atoms with Crippen molar-refractivity contribution in [2.24, 2.45) is 5.73 Å². The molecule has 0 atom stereocenters. The minimum atomic E-state index is -0.334. The van der Waals surface area contributed by atoms with Crippen molar-refractivity contribution in [2.45, 2.75) is 6.54 Å². The molecule has 0 aliphatic rings. The molecule has 5 heteroatoms. The van der Waals surface area contributed by atoms with Gasteiger partial charge in [-0.15, -0.1) is 0 Å². The number of nitrogens with two attached hydrogens (primary N) is 1. The van der Waals surface area contributed by atoms with E-state index in [-0.39, 0.29) is 5.82 Å². The molecule has 0 unspecified atom stereocenters. The number of hydrogen-bond donors (Lipinski definition) is 1. The molecule has 0 radical (unpaired) electrons. The highest BCUT2D eigenvalue weighted by molar-refractivity contribution is 9.10. The largest absolute Gasteiger partial charge is 0.457 e. The molecule has 0 spiro atoms. The van der Waals surface area contributed by atoms with Gasteiger partial charge in [0.2, 0.25) is 0 Å². The van der Waals surface area contributed by atoms with Crippen LogP contribution in [0.1, 0.15) is 5.56 Å². The topological polar surface area (TPSA) is 35.2 Å². The molecular weight excluding hydrogens is 321 g/mol. The van der Waals surface area contributed by atoms with Gasteiger partial charge in [0.15, 0.2) is 0 Å². The van der Waals surface area contributed by atoms with Crippen LogP contribution in [0.2, 0.25) is 5.02 Å². The van der Waals surface area contributed by atoms with Gasteiger partial charge in [0.25, 0.3) is 0 Å². The van der Waals surface area contributed by atoms with E-state index in [0.717, 1.165) is 5.56 Å². The predicted molar refractivity (Wildman–Crippen MR) is 73.5 cm³/mol. The van der Waals surface area contributed by atoms with Crippen LogP contribution < -0.4 is 10.5 Å². The first-order chi connectivity index (χ1) is 8.60. The average Bonchev–Trinajstić information content (AvgIpc) is 2.34. The number of benzene rings is 2. The van der Waals surface area contributed by atoms with Crippen LogP contribution in [0.5, 0.6) is 11.5 Å². The lowest BCUT2D eigenvalue weighted by Gasteiger charge is -2.08. The third kappa shape index (κ3) is 3.02. The van der Waals surface area contributed by atoms with Gasteiger partial charge in [0, 0.05) is 11.6 Å². The van der Waals surface area contributed by atoms with E-state index < -0.39 is 0 Å². The monoisotopic (exact) mass is 329 g/mol. The van der Waals surface area contributed by atoms with Gasteiger partial charge in [-0.2, -0.15) is 0 Å². The quantitative estimate of drug-likeness (QED) is 0.899. The molecule has 0 amide bonds. The molecule has 2 aromatic rings. The van der Waals surface area contributed by atoms with Gasteiger partial charge in [0.1, 0.15) is 17.3 Å². The van der Waals surface area contributed by atoms with Gasteiger partial charge >= 0.3 is 0 Å². The summed E-state index contributed by atoms with van der Waals surface area (Å²) in [6, 6.07) is 9.68. The van der Waals surface area contributed by atoms with Crippen molar-refractivity contribution in [1.82, 2.24) is 0 Å². The summed E-state index contributed by atoms with van der Waals surface area (Å²) >= 11 is 9.12. The molecule has 0 fully saturated rings. The van der Waals surface area contributed by atoms with Crippen molar-refractivity contribution in [2.75, 3.05) is 0 Å². The van der Waals surface area contributed by atoms with Crippen molar-refractivity contribution in [3.05, 3.63) is 57.3 Å². The Bertz CT molecular complexity index is 577. The normalized spacial score (nSPS) is 10.4. The third-order valence-corrected chi connectivity index (χ3v) is 3.33. The van der Waals surface area contributed by atoms with Crippen molar-refractivity contribution in [3.8, 4) is 11.5 Å². The van der Waals surface area contributed by atoms with Gasteiger partial charge in [-0.3, -0.25) is 0 Å². The van der Waals surface area contributed by atoms with Crippen LogP contribution in [-0.4, -0.2) is 0 Å². The molecule has 94 valence electrons. The highest BCUT2D eigenvalue weighted by Gasteiger charge is 2.05. The van der Waals surface area contributed by atoms with E-state index in [9.17, 15) is 4.39 Å². The van der Waals surface area contributed by atoms with E-state index in [4.69, 9.17) is 22.1 Å². The number of halogens is 3. The van der Waals surface area contributed by atoms with Gasteiger partial charge in [-0.25, -0.2) is 4.39 Å². The Balaban J connectivity index is 2.23. The molecule has 2 N–H and O–H groups in total. The van der Waals surface area contributed by atoms with Gasteiger partial charge < -0.3 is 10.5 Å². The van der Waals surface area contributed by atoms with Gasteiger partial charge in [0.05, 0.1) is 4.47 Å². The van der Waals surface area contributed by atoms with E-state index in [0.29, 0.717) is 27.5 Å². The van der Waals surface area contributed by atoms with Crippen LogP contribution in [0.4, 0.5) is 4.39 Å². The van der Waals surface area contributed by atoms with E-state index in [1.54, 1.807) is 30.3 Å². The molecule has 0 bridgehead atoms. The molecule has 2 rings (SSSR count). The predicted octanol–water partition coefficient (Wildman–Crippen LogP) is 4.49. The highest BCUT2D eigenvalue weighted by Crippen LogP contribution is 2.29. The molecule has 2 nitrogen and oxygen atoms in total. The Morgan fingerprint density at radius 2 is 1.83 bits per heavy atom. The fraction of sp³-hybridized carbons (Fsp3) is 0.0769. The SMILES string of the molecule is NCc1ccc(Oc2ccc(F)c(Br)c2)cc1Cl. The maximum absolute atomic E-state index is 13.1. The number of hydrogen-bond acceptors (Lipinski definition) is 2. The van der Waals surface area contributed by atoms with Crippen molar-refractivity contribution < 1.29 is 9.13 Å². The van der Waals surface area contributed by atoms with E-state index in [1.165, 1.54) is 6.07 Å². The smallest absolute Gasteiger partial charge is 0.137 e. The Hall–Kier alpha value is -1.10. The lowest BCUT2D eigenvalue weighted by molar-refractivity contribution is 0.479. The van der Waals surface area contributed by atoms with Gasteiger partial charge in [-0.05, 0) is 51.8 Å². The summed E-state index contributed by atoms with van der Waals surface area (Å²) in [5.74, 6) is 0.773. The van der Waals surface area contributed by atoms with E-state index in [2.05, 4.69) is 15.9 Å². The fourth-order valence-electron chi connectivity index (χ4n) is 1.43. The zero-order valence-corrected chi connectivity index (χ0v) is 11.6. The second-order valence-electron chi connectivity index (χ2n) is 3.64. The average molecular weight is 331 g/mol. The minimum Gasteiger partial charge on any atom is -0.457 e. The van der Waals surface area contributed by atoms with E-state index in [1.807, 2.05) is 0 Å². The molecule has 0 saturated heterocycles. The summed E-state index contributed by atoms with van der Waals surface area (Å²) in [7, 11) is 0. The van der Waals surface area contributed by atoms with E-state index >= 15 is 0 Å². The van der Waals surface area contributed by atoms with Crippen molar-refractivity contribution >= 4 is 27.5 Å². The Morgan fingerprint density at radius 1 is 1.17 bits per heavy atom. The van der Waals surface area contributed by atoms with Crippen molar-refractivity contribution in [1.29, 1.82) is 0 Å². The zero-order chi connectivity index (χ0) is 13.1. The number of ether oxygens (including phenoxy) is 1. The first kappa shape index (κ1) is 13.3. The summed E-state index contributed by atoms with van der Waals surface area (Å²) in [4.78, 5) is 0. The third-order valence-electron chi connectivity index (χ3n) is 2.37. The second kappa shape index (κ2) is 5.69.